The highest BCUT2D eigenvalue weighted by Gasteiger charge is 2.26. The molecule has 0 radical (unpaired) electrons. The molecule has 1 aliphatic heterocycles. The van der Waals surface area contributed by atoms with Gasteiger partial charge in [-0.25, -0.2) is 0 Å². The molecule has 0 saturated heterocycles. The summed E-state index contributed by atoms with van der Waals surface area (Å²) in [5.74, 6) is 0.471. The molecule has 1 heterocycles. The molecule has 2 rings (SSSR count). The van der Waals surface area contributed by atoms with E-state index in [-0.39, 0.29) is 6.10 Å². The van der Waals surface area contributed by atoms with Crippen LogP contribution in [0.2, 0.25) is 0 Å². The molecule has 0 N–H and O–H groups in total. The monoisotopic (exact) mass is 216 g/mol. The molecule has 1 nitrogen and oxygen atoms in total. The Morgan fingerprint density at radius 1 is 1.00 bits per heavy atom. The Morgan fingerprint density at radius 2 is 1.56 bits per heavy atom. The molecule has 2 atom stereocenters. The van der Waals surface area contributed by atoms with Crippen molar-refractivity contribution in [2.75, 3.05) is 0 Å². The highest BCUT2D eigenvalue weighted by Crippen LogP contribution is 2.37. The third-order valence-corrected chi connectivity index (χ3v) is 3.79. The summed E-state index contributed by atoms with van der Waals surface area (Å²) < 4.78 is 5.74. The molecule has 0 amide bonds. The van der Waals surface area contributed by atoms with Gasteiger partial charge in [0.1, 0.15) is 6.10 Å². The predicted octanol–water partition coefficient (Wildman–Crippen LogP) is 4.14. The molecule has 16 heavy (non-hydrogen) atoms. The second-order valence-corrected chi connectivity index (χ2v) is 4.92. The van der Waals surface area contributed by atoms with Crippen molar-refractivity contribution in [1.82, 2.24) is 0 Å². The van der Waals surface area contributed by atoms with Crippen molar-refractivity contribution in [3.05, 3.63) is 46.2 Å². The van der Waals surface area contributed by atoms with E-state index in [2.05, 4.69) is 46.8 Å². The van der Waals surface area contributed by atoms with Crippen molar-refractivity contribution < 1.29 is 4.74 Å². The summed E-state index contributed by atoms with van der Waals surface area (Å²) in [6.07, 6.45) is 4.19. The minimum Gasteiger partial charge on any atom is -0.493 e. The third kappa shape index (κ3) is 1.64. The van der Waals surface area contributed by atoms with E-state index in [9.17, 15) is 0 Å². The highest BCUT2D eigenvalue weighted by molar-refractivity contribution is 5.46. The minimum atomic E-state index is 0.207. The van der Waals surface area contributed by atoms with Crippen LogP contribution in [0.5, 0.6) is 0 Å². The first kappa shape index (κ1) is 11.3. The second-order valence-electron chi connectivity index (χ2n) is 4.92. The maximum atomic E-state index is 5.74. The average molecular weight is 216 g/mol. The summed E-state index contributed by atoms with van der Waals surface area (Å²) in [5.41, 5.74) is 6.86. The maximum Gasteiger partial charge on any atom is 0.129 e. The van der Waals surface area contributed by atoms with E-state index < -0.39 is 0 Å². The van der Waals surface area contributed by atoms with E-state index in [4.69, 9.17) is 4.74 Å². The van der Waals surface area contributed by atoms with E-state index >= 15 is 0 Å². The van der Waals surface area contributed by atoms with E-state index in [1.165, 1.54) is 27.8 Å². The van der Waals surface area contributed by atoms with E-state index in [1.807, 2.05) is 6.26 Å². The lowest BCUT2D eigenvalue weighted by Crippen LogP contribution is -2.10. The lowest BCUT2D eigenvalue weighted by atomic mass is 9.87. The van der Waals surface area contributed by atoms with Crippen LogP contribution in [0.3, 0.4) is 0 Å². The Labute approximate surface area is 98.1 Å². The van der Waals surface area contributed by atoms with Gasteiger partial charge < -0.3 is 4.74 Å². The van der Waals surface area contributed by atoms with Crippen molar-refractivity contribution in [2.45, 2.75) is 40.7 Å². The Hall–Kier alpha value is -1.24. The number of benzene rings is 1. The lowest BCUT2D eigenvalue weighted by Gasteiger charge is -2.23. The Bertz CT molecular complexity index is 417. The van der Waals surface area contributed by atoms with E-state index in [1.54, 1.807) is 0 Å². The molecule has 86 valence electrons. The van der Waals surface area contributed by atoms with Gasteiger partial charge in [-0.2, -0.15) is 0 Å². The van der Waals surface area contributed by atoms with E-state index in [0.717, 1.165) is 0 Å². The third-order valence-electron chi connectivity index (χ3n) is 3.79. The van der Waals surface area contributed by atoms with Gasteiger partial charge in [-0.05, 0) is 61.6 Å². The molecule has 1 aromatic carbocycles. The Morgan fingerprint density at radius 3 is 2.00 bits per heavy atom. The topological polar surface area (TPSA) is 9.23 Å². The van der Waals surface area contributed by atoms with Gasteiger partial charge in [0.2, 0.25) is 0 Å². The molecule has 1 heteroatoms. The lowest BCUT2D eigenvalue weighted by molar-refractivity contribution is 0.141. The van der Waals surface area contributed by atoms with Gasteiger partial charge in [-0.1, -0.05) is 13.0 Å². The van der Waals surface area contributed by atoms with Crippen LogP contribution in [-0.4, -0.2) is 0 Å². The van der Waals surface area contributed by atoms with Gasteiger partial charge in [-0.15, -0.1) is 0 Å². The molecule has 0 fully saturated rings. The van der Waals surface area contributed by atoms with Crippen LogP contribution in [0, 0.1) is 33.6 Å². The summed E-state index contributed by atoms with van der Waals surface area (Å²) in [6.45, 7) is 11.0. The molecule has 0 unspecified atom stereocenters. The number of hydrogen-bond acceptors (Lipinski definition) is 1. The molecule has 0 bridgehead atoms. The number of aryl methyl sites for hydroxylation is 2. The number of hydrogen-bond donors (Lipinski definition) is 0. The van der Waals surface area contributed by atoms with Crippen molar-refractivity contribution in [1.29, 1.82) is 0 Å². The largest absolute Gasteiger partial charge is 0.493 e. The van der Waals surface area contributed by atoms with Gasteiger partial charge in [0.15, 0.2) is 0 Å². The fraction of sp³-hybridized carbons (Fsp3) is 0.467. The SMILES string of the molecule is Cc1cc(C)c(C)c([C@@H]2OC=C[C@H]2C)c1C. The van der Waals surface area contributed by atoms with Gasteiger partial charge >= 0.3 is 0 Å². The standard InChI is InChI=1S/C15H20O/c1-9-6-7-16-15(9)14-12(4)10(2)8-11(3)13(14)5/h6-9,15H,1-5H3/t9-,15-/m1/s1. The predicted molar refractivity (Wildman–Crippen MR) is 67.5 cm³/mol. The zero-order chi connectivity index (χ0) is 11.9. The molecule has 1 aliphatic rings. The molecule has 0 aromatic heterocycles. The van der Waals surface area contributed by atoms with Crippen LogP contribution in [0.25, 0.3) is 0 Å². The first-order chi connectivity index (χ1) is 7.52. The smallest absolute Gasteiger partial charge is 0.129 e. The summed E-state index contributed by atoms with van der Waals surface area (Å²) in [6, 6.07) is 2.27. The second kappa shape index (κ2) is 3.97. The van der Waals surface area contributed by atoms with Crippen molar-refractivity contribution in [2.24, 2.45) is 5.92 Å². The Balaban J connectivity index is 2.55. The van der Waals surface area contributed by atoms with Crippen molar-refractivity contribution in [3.8, 4) is 0 Å². The average Bonchev–Trinajstić information content (AvgIpc) is 2.63. The molecular weight excluding hydrogens is 196 g/mol. The maximum absolute atomic E-state index is 5.74. The summed E-state index contributed by atoms with van der Waals surface area (Å²) in [4.78, 5) is 0. The number of ether oxygens (including phenoxy) is 1. The van der Waals surface area contributed by atoms with Crippen LogP contribution in [0.15, 0.2) is 18.4 Å². The zero-order valence-electron chi connectivity index (χ0n) is 10.8. The first-order valence-corrected chi connectivity index (χ1v) is 5.91. The highest BCUT2D eigenvalue weighted by atomic mass is 16.5. The van der Waals surface area contributed by atoms with Gasteiger partial charge in [0.05, 0.1) is 6.26 Å². The Kier molecular flexibility index (Phi) is 2.79. The summed E-state index contributed by atoms with van der Waals surface area (Å²) >= 11 is 0. The van der Waals surface area contributed by atoms with Gasteiger partial charge in [0.25, 0.3) is 0 Å². The molecule has 0 saturated carbocycles. The van der Waals surface area contributed by atoms with Gasteiger partial charge in [0, 0.05) is 5.92 Å². The fourth-order valence-electron chi connectivity index (χ4n) is 2.48. The quantitative estimate of drug-likeness (QED) is 0.685. The number of rotatable bonds is 1. The molecular formula is C15H20O. The van der Waals surface area contributed by atoms with E-state index in [0.29, 0.717) is 5.92 Å². The summed E-state index contributed by atoms with van der Waals surface area (Å²) in [7, 11) is 0. The van der Waals surface area contributed by atoms with Gasteiger partial charge in [-0.3, -0.25) is 0 Å². The van der Waals surface area contributed by atoms with Crippen molar-refractivity contribution >= 4 is 0 Å². The molecule has 0 aliphatic carbocycles. The van der Waals surface area contributed by atoms with Crippen LogP contribution in [-0.2, 0) is 4.74 Å². The normalized spacial score (nSPS) is 23.6. The van der Waals surface area contributed by atoms with Crippen LogP contribution >= 0.6 is 0 Å². The molecule has 0 spiro atoms. The minimum absolute atomic E-state index is 0.207. The van der Waals surface area contributed by atoms with Crippen LogP contribution in [0.4, 0.5) is 0 Å². The van der Waals surface area contributed by atoms with Crippen molar-refractivity contribution in [3.63, 3.8) is 0 Å². The van der Waals surface area contributed by atoms with Crippen LogP contribution in [0.1, 0.15) is 40.8 Å². The fourth-order valence-corrected chi connectivity index (χ4v) is 2.48. The molecule has 1 aromatic rings. The summed E-state index contributed by atoms with van der Waals surface area (Å²) in [5, 5.41) is 0. The first-order valence-electron chi connectivity index (χ1n) is 5.91. The zero-order valence-corrected chi connectivity index (χ0v) is 10.8. The van der Waals surface area contributed by atoms with Crippen LogP contribution < -0.4 is 0 Å².